The van der Waals surface area contributed by atoms with E-state index in [-0.39, 0.29) is 11.7 Å². The van der Waals surface area contributed by atoms with Gasteiger partial charge < -0.3 is 5.11 Å². The SMILES string of the molecule is CCCCCCCCCCCCCCCCC(C(=O)O)C(=O)C(CC)c1ccccc1. The van der Waals surface area contributed by atoms with Gasteiger partial charge in [-0.05, 0) is 18.4 Å². The number of hydrogen-bond acceptors (Lipinski definition) is 2. The van der Waals surface area contributed by atoms with Gasteiger partial charge in [-0.3, -0.25) is 9.59 Å². The van der Waals surface area contributed by atoms with Crippen LogP contribution in [0.15, 0.2) is 30.3 Å². The maximum atomic E-state index is 12.9. The zero-order valence-electron chi connectivity index (χ0n) is 20.1. The number of Topliss-reactive ketones (excluding diaryl/α,β-unsaturated/α-hetero) is 1. The van der Waals surface area contributed by atoms with Gasteiger partial charge in [0.2, 0.25) is 0 Å². The minimum absolute atomic E-state index is 0.129. The summed E-state index contributed by atoms with van der Waals surface area (Å²) in [6.45, 7) is 4.22. The van der Waals surface area contributed by atoms with Gasteiger partial charge in [0.25, 0.3) is 0 Å². The lowest BCUT2D eigenvalue weighted by Gasteiger charge is -2.19. The van der Waals surface area contributed by atoms with Gasteiger partial charge in [0.15, 0.2) is 5.78 Å². The number of aliphatic carboxylic acids is 1. The number of ketones is 1. The van der Waals surface area contributed by atoms with Gasteiger partial charge in [0.1, 0.15) is 5.92 Å². The van der Waals surface area contributed by atoms with Crippen LogP contribution >= 0.6 is 0 Å². The van der Waals surface area contributed by atoms with E-state index < -0.39 is 11.9 Å². The Kier molecular flexibility index (Phi) is 15.9. The highest BCUT2D eigenvalue weighted by molar-refractivity contribution is 6.01. The second-order valence-corrected chi connectivity index (χ2v) is 9.05. The number of unbranched alkanes of at least 4 members (excludes halogenated alkanes) is 13. The first-order valence-electron chi connectivity index (χ1n) is 12.9. The summed E-state index contributed by atoms with van der Waals surface area (Å²) in [4.78, 5) is 24.6. The monoisotopic (exact) mass is 430 g/mol. The second kappa shape index (κ2) is 18.0. The quantitative estimate of drug-likeness (QED) is 0.167. The zero-order chi connectivity index (χ0) is 22.7. The summed E-state index contributed by atoms with van der Waals surface area (Å²) in [7, 11) is 0. The van der Waals surface area contributed by atoms with Crippen LogP contribution in [-0.4, -0.2) is 16.9 Å². The van der Waals surface area contributed by atoms with E-state index in [4.69, 9.17) is 0 Å². The van der Waals surface area contributed by atoms with Crippen molar-refractivity contribution in [2.75, 3.05) is 0 Å². The van der Waals surface area contributed by atoms with Crippen molar-refractivity contribution < 1.29 is 14.7 Å². The topological polar surface area (TPSA) is 54.4 Å². The lowest BCUT2D eigenvalue weighted by atomic mass is 9.83. The van der Waals surface area contributed by atoms with Crippen LogP contribution in [-0.2, 0) is 9.59 Å². The van der Waals surface area contributed by atoms with Crippen LogP contribution in [0.5, 0.6) is 0 Å². The Morgan fingerprint density at radius 1 is 0.710 bits per heavy atom. The van der Waals surface area contributed by atoms with E-state index in [1.54, 1.807) is 0 Å². The van der Waals surface area contributed by atoms with Gasteiger partial charge in [0, 0.05) is 5.92 Å². The number of hydrogen-bond donors (Lipinski definition) is 1. The summed E-state index contributed by atoms with van der Waals surface area (Å²) in [5.74, 6) is -2.28. The predicted octanol–water partition coefficient (Wildman–Crippen LogP) is 8.32. The normalized spacial score (nSPS) is 13.1. The molecule has 31 heavy (non-hydrogen) atoms. The molecule has 0 radical (unpaired) electrons. The predicted molar refractivity (Wildman–Crippen MR) is 131 cm³/mol. The molecule has 0 aromatic heterocycles. The number of carbonyl (C=O) groups excluding carboxylic acids is 1. The van der Waals surface area contributed by atoms with Gasteiger partial charge >= 0.3 is 5.97 Å². The van der Waals surface area contributed by atoms with E-state index in [9.17, 15) is 14.7 Å². The molecule has 0 aliphatic heterocycles. The molecule has 0 aliphatic carbocycles. The number of rotatable bonds is 20. The molecule has 0 fully saturated rings. The summed E-state index contributed by atoms with van der Waals surface area (Å²) in [6, 6.07) is 9.60. The molecule has 1 rings (SSSR count). The van der Waals surface area contributed by atoms with Gasteiger partial charge in [-0.2, -0.15) is 0 Å². The minimum atomic E-state index is -0.964. The molecule has 3 nitrogen and oxygen atoms in total. The van der Waals surface area contributed by atoms with Crippen molar-refractivity contribution in [2.24, 2.45) is 5.92 Å². The Morgan fingerprint density at radius 3 is 1.58 bits per heavy atom. The fourth-order valence-electron chi connectivity index (χ4n) is 4.46. The van der Waals surface area contributed by atoms with Crippen LogP contribution in [0.4, 0.5) is 0 Å². The van der Waals surface area contributed by atoms with Crippen LogP contribution in [0.3, 0.4) is 0 Å². The first-order chi connectivity index (χ1) is 15.1. The van der Waals surface area contributed by atoms with Crippen molar-refractivity contribution in [1.29, 1.82) is 0 Å². The van der Waals surface area contributed by atoms with Crippen LogP contribution in [0, 0.1) is 5.92 Å². The van der Waals surface area contributed by atoms with Gasteiger partial charge in [-0.25, -0.2) is 0 Å². The van der Waals surface area contributed by atoms with E-state index in [0.717, 1.165) is 24.8 Å². The minimum Gasteiger partial charge on any atom is -0.481 e. The summed E-state index contributed by atoms with van der Waals surface area (Å²) in [5.41, 5.74) is 0.933. The maximum Gasteiger partial charge on any atom is 0.314 e. The Labute approximate surface area is 191 Å². The highest BCUT2D eigenvalue weighted by atomic mass is 16.4. The van der Waals surface area contributed by atoms with Crippen molar-refractivity contribution in [3.63, 3.8) is 0 Å². The molecule has 1 N–H and O–H groups in total. The molecule has 3 heteroatoms. The highest BCUT2D eigenvalue weighted by Gasteiger charge is 2.31. The van der Waals surface area contributed by atoms with Crippen molar-refractivity contribution >= 4 is 11.8 Å². The molecule has 2 unspecified atom stereocenters. The summed E-state index contributed by atoms with van der Waals surface area (Å²) >= 11 is 0. The Balaban J connectivity index is 2.16. The Bertz CT molecular complexity index is 581. The molecular formula is C28H46O3. The lowest BCUT2D eigenvalue weighted by molar-refractivity contribution is -0.147. The fourth-order valence-corrected chi connectivity index (χ4v) is 4.46. The third-order valence-electron chi connectivity index (χ3n) is 6.44. The van der Waals surface area contributed by atoms with Crippen LogP contribution in [0.25, 0.3) is 0 Å². The van der Waals surface area contributed by atoms with Crippen molar-refractivity contribution in [1.82, 2.24) is 0 Å². The summed E-state index contributed by atoms with van der Waals surface area (Å²) < 4.78 is 0. The van der Waals surface area contributed by atoms with Crippen molar-refractivity contribution in [3.8, 4) is 0 Å². The average Bonchev–Trinajstić information content (AvgIpc) is 2.77. The molecule has 0 bridgehead atoms. The first-order valence-corrected chi connectivity index (χ1v) is 12.9. The Morgan fingerprint density at radius 2 is 1.16 bits per heavy atom. The van der Waals surface area contributed by atoms with Gasteiger partial charge in [-0.15, -0.1) is 0 Å². The van der Waals surface area contributed by atoms with Crippen molar-refractivity contribution in [2.45, 2.75) is 122 Å². The first kappa shape index (κ1) is 27.4. The Hall–Kier alpha value is -1.64. The van der Waals surface area contributed by atoms with E-state index >= 15 is 0 Å². The van der Waals surface area contributed by atoms with E-state index in [1.807, 2.05) is 37.3 Å². The second-order valence-electron chi connectivity index (χ2n) is 9.05. The number of benzene rings is 1. The zero-order valence-corrected chi connectivity index (χ0v) is 20.1. The largest absolute Gasteiger partial charge is 0.481 e. The molecule has 0 saturated heterocycles. The fraction of sp³-hybridized carbons (Fsp3) is 0.714. The van der Waals surface area contributed by atoms with Crippen LogP contribution in [0.2, 0.25) is 0 Å². The average molecular weight is 431 g/mol. The maximum absolute atomic E-state index is 12.9. The van der Waals surface area contributed by atoms with Crippen LogP contribution < -0.4 is 0 Å². The molecule has 0 heterocycles. The van der Waals surface area contributed by atoms with E-state index in [1.165, 1.54) is 70.6 Å². The molecule has 2 atom stereocenters. The smallest absolute Gasteiger partial charge is 0.314 e. The summed E-state index contributed by atoms with van der Waals surface area (Å²) in [6.07, 6.45) is 18.9. The highest BCUT2D eigenvalue weighted by Crippen LogP contribution is 2.26. The molecule has 1 aromatic carbocycles. The van der Waals surface area contributed by atoms with E-state index in [2.05, 4.69) is 6.92 Å². The molecule has 1 aromatic rings. The lowest BCUT2D eigenvalue weighted by Crippen LogP contribution is -2.28. The number of carboxylic acids is 1. The number of carbonyl (C=O) groups is 2. The van der Waals surface area contributed by atoms with E-state index in [0.29, 0.717) is 12.8 Å². The molecule has 0 amide bonds. The third kappa shape index (κ3) is 12.1. The standard InChI is InChI=1S/C28H46O3/c1-3-5-6-7-8-9-10-11-12-13-14-15-16-20-23-26(28(30)31)27(29)25(4-2)24-21-18-17-19-22-24/h17-19,21-22,25-26H,3-16,20,23H2,1-2H3,(H,30,31). The molecule has 0 aliphatic rings. The van der Waals surface area contributed by atoms with Gasteiger partial charge in [-0.1, -0.05) is 134 Å². The number of carboxylic acid groups (broad SMARTS) is 1. The molecular weight excluding hydrogens is 384 g/mol. The molecule has 176 valence electrons. The van der Waals surface area contributed by atoms with Crippen molar-refractivity contribution in [3.05, 3.63) is 35.9 Å². The molecule has 0 spiro atoms. The van der Waals surface area contributed by atoms with Crippen LogP contribution in [0.1, 0.15) is 128 Å². The van der Waals surface area contributed by atoms with Gasteiger partial charge in [0.05, 0.1) is 0 Å². The molecule has 0 saturated carbocycles. The third-order valence-corrected chi connectivity index (χ3v) is 6.44. The summed E-state index contributed by atoms with van der Waals surface area (Å²) in [5, 5.41) is 9.62.